The van der Waals surface area contributed by atoms with E-state index in [1.165, 1.54) is 18.4 Å². The molecule has 0 radical (unpaired) electrons. The predicted octanol–water partition coefficient (Wildman–Crippen LogP) is 7.49. The van der Waals surface area contributed by atoms with Crippen molar-refractivity contribution in [1.29, 1.82) is 0 Å². The van der Waals surface area contributed by atoms with Crippen LogP contribution >= 0.6 is 35.0 Å². The van der Waals surface area contributed by atoms with Crippen LogP contribution in [-0.2, 0) is 15.3 Å². The molecule has 4 rings (SSSR count). The van der Waals surface area contributed by atoms with Crippen LogP contribution in [0.3, 0.4) is 0 Å². The third kappa shape index (κ3) is 7.44. The third-order valence-corrected chi connectivity index (χ3v) is 8.34. The summed E-state index contributed by atoms with van der Waals surface area (Å²) in [5, 5.41) is 1.28. The van der Waals surface area contributed by atoms with E-state index in [2.05, 4.69) is 11.9 Å². The fourth-order valence-corrected chi connectivity index (χ4v) is 5.76. The van der Waals surface area contributed by atoms with Gasteiger partial charge in [-0.05, 0) is 86.7 Å². The summed E-state index contributed by atoms with van der Waals surface area (Å²) in [6, 6.07) is 11.2. The van der Waals surface area contributed by atoms with Crippen LogP contribution in [0.25, 0.3) is 11.6 Å². The zero-order chi connectivity index (χ0) is 27.1. The van der Waals surface area contributed by atoms with Gasteiger partial charge in [-0.15, -0.1) is 11.8 Å². The Morgan fingerprint density at radius 3 is 2.24 bits per heavy atom. The summed E-state index contributed by atoms with van der Waals surface area (Å²) in [7, 11) is 0. The summed E-state index contributed by atoms with van der Waals surface area (Å²) in [6.45, 7) is 9.71. The number of halogens is 2. The van der Waals surface area contributed by atoms with Crippen molar-refractivity contribution in [3.05, 3.63) is 80.1 Å². The average Bonchev–Trinajstić information content (AvgIpc) is 3.49. The molecule has 2 heterocycles. The minimum Gasteiger partial charge on any atom is -0.398 e. The van der Waals surface area contributed by atoms with Gasteiger partial charge in [0.1, 0.15) is 0 Å². The summed E-state index contributed by atoms with van der Waals surface area (Å²) in [5.41, 5.74) is 13.2. The number of allylic oxidation sites excluding steroid dienone is 1. The number of benzene rings is 2. The van der Waals surface area contributed by atoms with Gasteiger partial charge in [0.05, 0.1) is 0 Å². The topological polar surface area (TPSA) is 79.2 Å². The molecule has 0 spiro atoms. The quantitative estimate of drug-likeness (QED) is 0.142. The first kappa shape index (κ1) is 28.9. The van der Waals surface area contributed by atoms with Crippen LogP contribution < -0.4 is 5.73 Å². The summed E-state index contributed by atoms with van der Waals surface area (Å²) >= 11 is 14.1. The first-order valence-electron chi connectivity index (χ1n) is 12.2. The largest absolute Gasteiger partial charge is 0.398 e. The Balaban J connectivity index is 0.000000405. The SMILES string of the molecule is CC(=O)N1CCCC1.Cc1[nH]c(/C=C(\C=O)c2cc(SCc3c(Cl)cccc3Cl)ccc2N)c(C)c1C. The van der Waals surface area contributed by atoms with Crippen molar-refractivity contribution >= 4 is 64.5 Å². The standard InChI is InChI=1S/C23H22Cl2N2OS.C6H11NO/c1-13-14(2)23(27-15(13)3)9-16(11-28)18-10-17(7-8-22(18)26)29-12-19-20(24)5-4-6-21(19)25;1-6(8)7-4-2-3-5-7/h4-11,27H,12,26H2,1-3H3;2-5H2,1H3/b16-9+;. The molecule has 0 unspecified atom stereocenters. The second-order valence-electron chi connectivity index (χ2n) is 9.08. The van der Waals surface area contributed by atoms with Crippen LogP contribution in [0.4, 0.5) is 5.69 Å². The number of carbonyl (C=O) groups is 2. The number of hydrogen-bond acceptors (Lipinski definition) is 4. The molecular formula is C29H33Cl2N3O2S. The van der Waals surface area contributed by atoms with Crippen molar-refractivity contribution in [3.63, 3.8) is 0 Å². The summed E-state index contributed by atoms with van der Waals surface area (Å²) < 4.78 is 0. The van der Waals surface area contributed by atoms with Gasteiger partial charge >= 0.3 is 0 Å². The fourth-order valence-electron chi connectivity index (χ4n) is 4.08. The monoisotopic (exact) mass is 557 g/mol. The molecule has 0 saturated carbocycles. The number of nitrogens with two attached hydrogens (primary N) is 1. The van der Waals surface area contributed by atoms with Gasteiger partial charge < -0.3 is 15.6 Å². The average molecular weight is 559 g/mol. The Bertz CT molecular complexity index is 1290. The van der Waals surface area contributed by atoms with E-state index in [1.54, 1.807) is 18.7 Å². The first-order chi connectivity index (χ1) is 17.6. The number of H-pyrrole nitrogens is 1. The normalized spacial score (nSPS) is 13.4. The Morgan fingerprint density at radius 2 is 1.73 bits per heavy atom. The number of aromatic nitrogens is 1. The smallest absolute Gasteiger partial charge is 0.219 e. The van der Waals surface area contributed by atoms with Crippen LogP contribution in [0.15, 0.2) is 41.3 Å². The number of nitrogen functional groups attached to an aromatic ring is 1. The number of nitrogens with one attached hydrogen (secondary N) is 1. The number of aldehydes is 1. The van der Waals surface area contributed by atoms with Crippen LogP contribution in [-0.4, -0.2) is 35.2 Å². The molecule has 37 heavy (non-hydrogen) atoms. The maximum atomic E-state index is 11.9. The Labute approximate surface area is 233 Å². The highest BCUT2D eigenvalue weighted by Crippen LogP contribution is 2.34. The van der Waals surface area contributed by atoms with Gasteiger partial charge in [-0.3, -0.25) is 9.59 Å². The molecule has 3 aromatic rings. The molecular weight excluding hydrogens is 525 g/mol. The lowest BCUT2D eigenvalue weighted by molar-refractivity contribution is -0.127. The van der Waals surface area contributed by atoms with Gasteiger partial charge in [-0.2, -0.15) is 0 Å². The molecule has 0 bridgehead atoms. The van der Waals surface area contributed by atoms with Crippen molar-refractivity contribution in [1.82, 2.24) is 9.88 Å². The second-order valence-corrected chi connectivity index (χ2v) is 10.9. The molecule has 5 nitrogen and oxygen atoms in total. The Kier molecular flexibility index (Phi) is 10.3. The van der Waals surface area contributed by atoms with Crippen molar-refractivity contribution in [2.45, 2.75) is 51.2 Å². The van der Waals surface area contributed by atoms with Crippen LogP contribution in [0.2, 0.25) is 10.0 Å². The van der Waals surface area contributed by atoms with Gasteiger partial charge in [0, 0.05) is 68.9 Å². The van der Waals surface area contributed by atoms with Gasteiger partial charge in [0.2, 0.25) is 5.91 Å². The molecule has 1 aliphatic heterocycles. The Morgan fingerprint density at radius 1 is 1.08 bits per heavy atom. The number of amides is 1. The number of nitrogens with zero attached hydrogens (tertiary/aromatic N) is 1. The van der Waals surface area contributed by atoms with Crippen LogP contribution in [0, 0.1) is 20.8 Å². The van der Waals surface area contributed by atoms with E-state index < -0.39 is 0 Å². The van der Waals surface area contributed by atoms with Crippen molar-refractivity contribution in [2.24, 2.45) is 0 Å². The molecule has 1 aromatic heterocycles. The highest BCUT2D eigenvalue weighted by Gasteiger charge is 2.13. The third-order valence-electron chi connectivity index (χ3n) is 6.61. The minimum absolute atomic E-state index is 0.225. The molecule has 0 atom stereocenters. The molecule has 1 fully saturated rings. The van der Waals surface area contributed by atoms with E-state index in [-0.39, 0.29) is 5.91 Å². The molecule has 1 amide bonds. The summed E-state index contributed by atoms with van der Waals surface area (Å²) in [4.78, 5) is 28.6. The van der Waals surface area contributed by atoms with E-state index in [4.69, 9.17) is 28.9 Å². The summed E-state index contributed by atoms with van der Waals surface area (Å²) in [5.74, 6) is 0.846. The molecule has 8 heteroatoms. The van der Waals surface area contributed by atoms with Gasteiger partial charge in [0.15, 0.2) is 6.29 Å². The number of anilines is 1. The van der Waals surface area contributed by atoms with Crippen molar-refractivity contribution in [3.8, 4) is 0 Å². The predicted molar refractivity (Wildman–Crippen MR) is 157 cm³/mol. The summed E-state index contributed by atoms with van der Waals surface area (Å²) in [6.07, 6.45) is 5.09. The number of rotatable bonds is 6. The number of aromatic amines is 1. The van der Waals surface area contributed by atoms with E-state index in [9.17, 15) is 9.59 Å². The highest BCUT2D eigenvalue weighted by atomic mass is 35.5. The number of hydrogen-bond donors (Lipinski definition) is 2. The lowest BCUT2D eigenvalue weighted by Crippen LogP contribution is -2.24. The zero-order valence-electron chi connectivity index (χ0n) is 21.7. The minimum atomic E-state index is 0.225. The van der Waals surface area contributed by atoms with Gasteiger partial charge in [0.25, 0.3) is 0 Å². The number of aryl methyl sites for hydroxylation is 1. The fraction of sp³-hybridized carbons (Fsp3) is 0.310. The van der Waals surface area contributed by atoms with Crippen molar-refractivity contribution < 1.29 is 9.59 Å². The van der Waals surface area contributed by atoms with E-state index in [0.717, 1.165) is 46.8 Å². The highest BCUT2D eigenvalue weighted by molar-refractivity contribution is 7.98. The number of carbonyl (C=O) groups excluding carboxylic acids is 2. The zero-order valence-corrected chi connectivity index (χ0v) is 24.0. The van der Waals surface area contributed by atoms with E-state index in [1.807, 2.05) is 61.2 Å². The molecule has 196 valence electrons. The van der Waals surface area contributed by atoms with Crippen LogP contribution in [0.1, 0.15) is 53.4 Å². The van der Waals surface area contributed by atoms with E-state index >= 15 is 0 Å². The molecule has 0 aliphatic carbocycles. The second kappa shape index (κ2) is 13.2. The molecule has 2 aromatic carbocycles. The molecule has 3 N–H and O–H groups in total. The molecule has 1 aliphatic rings. The van der Waals surface area contributed by atoms with Gasteiger partial charge in [-0.1, -0.05) is 29.3 Å². The van der Waals surface area contributed by atoms with Gasteiger partial charge in [-0.25, -0.2) is 0 Å². The lowest BCUT2D eigenvalue weighted by atomic mass is 10.0. The maximum Gasteiger partial charge on any atom is 0.219 e. The Hall–Kier alpha value is -2.67. The lowest BCUT2D eigenvalue weighted by Gasteiger charge is -2.10. The first-order valence-corrected chi connectivity index (χ1v) is 13.9. The number of thioether (sulfide) groups is 1. The van der Waals surface area contributed by atoms with E-state index in [0.29, 0.717) is 32.6 Å². The maximum absolute atomic E-state index is 11.9. The van der Waals surface area contributed by atoms with Crippen molar-refractivity contribution in [2.75, 3.05) is 18.8 Å². The van der Waals surface area contributed by atoms with Crippen LogP contribution in [0.5, 0.6) is 0 Å². The molecule has 1 saturated heterocycles. The number of likely N-dealkylation sites (tertiary alicyclic amines) is 1.